The molecular formula is C26H29N9O2. The maximum atomic E-state index is 13.1. The van der Waals surface area contributed by atoms with Gasteiger partial charge in [-0.2, -0.15) is 0 Å². The summed E-state index contributed by atoms with van der Waals surface area (Å²) in [5.41, 5.74) is 12.2. The van der Waals surface area contributed by atoms with Crippen molar-refractivity contribution in [2.45, 2.75) is 26.4 Å². The molecule has 190 valence electrons. The molecular weight excluding hydrogens is 470 g/mol. The lowest BCUT2D eigenvalue weighted by atomic mass is 10.1. The van der Waals surface area contributed by atoms with Crippen molar-refractivity contribution < 1.29 is 9.53 Å². The molecule has 6 rings (SSSR count). The Morgan fingerprint density at radius 3 is 2.59 bits per heavy atom. The van der Waals surface area contributed by atoms with Gasteiger partial charge in [0, 0.05) is 56.8 Å². The van der Waals surface area contributed by atoms with Gasteiger partial charge in [-0.25, -0.2) is 24.7 Å². The van der Waals surface area contributed by atoms with Crippen molar-refractivity contribution in [1.29, 1.82) is 0 Å². The number of urea groups is 1. The van der Waals surface area contributed by atoms with E-state index in [1.165, 1.54) is 5.56 Å². The number of fused-ring (bicyclic) bond motifs is 3. The number of nitrogens with zero attached hydrogens (tertiary/aromatic N) is 7. The number of carbonyl (C=O) groups excluding carboxylic acids is 1. The van der Waals surface area contributed by atoms with Crippen LogP contribution < -0.4 is 16.0 Å². The van der Waals surface area contributed by atoms with Crippen molar-refractivity contribution in [2.75, 3.05) is 43.5 Å². The molecule has 0 saturated carbocycles. The number of nitrogen functional groups attached to an aromatic ring is 1. The maximum absolute atomic E-state index is 13.1. The fourth-order valence-corrected chi connectivity index (χ4v) is 4.76. The number of aromatic nitrogens is 5. The number of imidazole rings is 1. The number of hydrogen-bond donors (Lipinski definition) is 2. The van der Waals surface area contributed by atoms with Gasteiger partial charge >= 0.3 is 6.03 Å². The summed E-state index contributed by atoms with van der Waals surface area (Å²) in [4.78, 5) is 35.3. The number of benzene rings is 1. The standard InChI is InChI=1S/C26H29N9O2/c1-17-2-4-18(5-3-17)12-30-26(36)34-7-6-20-22(16-34)35-15-21(19-13-28-25(27)29-14-19)32-23(24(35)31-20)33-8-10-37-11-9-33/h2-5,13-15H,6-12,16H2,1H3,(H,30,36)(H2,27,28,29). The lowest BCUT2D eigenvalue weighted by molar-refractivity contribution is 0.122. The van der Waals surface area contributed by atoms with Crippen LogP contribution in [0, 0.1) is 6.92 Å². The van der Waals surface area contributed by atoms with Gasteiger partial charge in [-0.1, -0.05) is 29.8 Å². The number of carbonyl (C=O) groups is 1. The van der Waals surface area contributed by atoms with Crippen LogP contribution in [0.5, 0.6) is 0 Å². The topological polar surface area (TPSA) is 127 Å². The zero-order chi connectivity index (χ0) is 25.4. The van der Waals surface area contributed by atoms with Gasteiger partial charge in [0.25, 0.3) is 0 Å². The van der Waals surface area contributed by atoms with Crippen molar-refractivity contribution in [2.24, 2.45) is 0 Å². The Kier molecular flexibility index (Phi) is 6.05. The Bertz CT molecular complexity index is 1430. The van der Waals surface area contributed by atoms with Crippen LogP contribution in [-0.4, -0.2) is 68.1 Å². The van der Waals surface area contributed by atoms with E-state index in [1.54, 1.807) is 12.4 Å². The number of nitrogens with one attached hydrogen (secondary N) is 1. The number of hydrogen-bond acceptors (Lipinski definition) is 8. The molecule has 11 heteroatoms. The monoisotopic (exact) mass is 499 g/mol. The second-order valence-electron chi connectivity index (χ2n) is 9.39. The first-order chi connectivity index (χ1) is 18.0. The number of morpholine rings is 1. The quantitative estimate of drug-likeness (QED) is 0.438. The van der Waals surface area contributed by atoms with E-state index in [-0.39, 0.29) is 12.0 Å². The number of rotatable bonds is 4. The largest absolute Gasteiger partial charge is 0.378 e. The van der Waals surface area contributed by atoms with Gasteiger partial charge in [-0.05, 0) is 12.5 Å². The second kappa shape index (κ2) is 9.66. The average molecular weight is 500 g/mol. The lowest BCUT2D eigenvalue weighted by Crippen LogP contribution is -2.42. The first-order valence-electron chi connectivity index (χ1n) is 12.4. The van der Waals surface area contributed by atoms with E-state index >= 15 is 0 Å². The maximum Gasteiger partial charge on any atom is 0.318 e. The molecule has 0 radical (unpaired) electrons. The molecule has 37 heavy (non-hydrogen) atoms. The van der Waals surface area contributed by atoms with Crippen molar-refractivity contribution >= 4 is 23.4 Å². The molecule has 0 spiro atoms. The van der Waals surface area contributed by atoms with Crippen LogP contribution in [0.15, 0.2) is 42.9 Å². The molecule has 1 saturated heterocycles. The van der Waals surface area contributed by atoms with Crippen molar-refractivity contribution in [3.63, 3.8) is 0 Å². The molecule has 2 amide bonds. The summed E-state index contributed by atoms with van der Waals surface area (Å²) < 4.78 is 7.63. The summed E-state index contributed by atoms with van der Waals surface area (Å²) in [6.07, 6.45) is 5.98. The Morgan fingerprint density at radius 2 is 1.84 bits per heavy atom. The van der Waals surface area contributed by atoms with Crippen molar-refractivity contribution in [3.05, 3.63) is 65.4 Å². The van der Waals surface area contributed by atoms with Gasteiger partial charge in [-0.3, -0.25) is 4.40 Å². The molecule has 3 N–H and O–H groups in total. The molecule has 0 unspecified atom stereocenters. The second-order valence-corrected chi connectivity index (χ2v) is 9.39. The molecule has 0 atom stereocenters. The Balaban J connectivity index is 1.32. The molecule has 1 aromatic carbocycles. The minimum Gasteiger partial charge on any atom is -0.378 e. The van der Waals surface area contributed by atoms with Crippen LogP contribution >= 0.6 is 0 Å². The third-order valence-electron chi connectivity index (χ3n) is 6.86. The number of amides is 2. The highest BCUT2D eigenvalue weighted by Gasteiger charge is 2.28. The number of anilines is 2. The highest BCUT2D eigenvalue weighted by molar-refractivity contribution is 5.75. The Morgan fingerprint density at radius 1 is 1.08 bits per heavy atom. The molecule has 0 bridgehead atoms. The summed E-state index contributed by atoms with van der Waals surface area (Å²) in [5, 5.41) is 3.06. The fraction of sp³-hybridized carbons (Fsp3) is 0.346. The molecule has 5 heterocycles. The first kappa shape index (κ1) is 23.2. The van der Waals surface area contributed by atoms with E-state index in [0.29, 0.717) is 39.3 Å². The zero-order valence-electron chi connectivity index (χ0n) is 20.7. The van der Waals surface area contributed by atoms with Gasteiger partial charge in [0.15, 0.2) is 11.5 Å². The Labute approximate surface area is 214 Å². The van der Waals surface area contributed by atoms with Gasteiger partial charge in [0.1, 0.15) is 0 Å². The molecule has 1 fully saturated rings. The van der Waals surface area contributed by atoms with Gasteiger partial charge in [0.05, 0.1) is 36.8 Å². The molecule has 2 aliphatic rings. The summed E-state index contributed by atoms with van der Waals surface area (Å²) in [6, 6.07) is 8.10. The van der Waals surface area contributed by atoms with Crippen LogP contribution in [0.25, 0.3) is 16.9 Å². The highest BCUT2D eigenvalue weighted by Crippen LogP contribution is 2.29. The molecule has 4 aromatic rings. The average Bonchev–Trinajstić information content (AvgIpc) is 3.31. The zero-order valence-corrected chi connectivity index (χ0v) is 20.7. The van der Waals surface area contributed by atoms with Gasteiger partial charge in [0.2, 0.25) is 5.95 Å². The minimum absolute atomic E-state index is 0.0872. The van der Waals surface area contributed by atoms with Crippen molar-refractivity contribution in [1.82, 2.24) is 34.6 Å². The predicted molar refractivity (Wildman–Crippen MR) is 139 cm³/mol. The summed E-state index contributed by atoms with van der Waals surface area (Å²) in [7, 11) is 0. The third-order valence-corrected chi connectivity index (χ3v) is 6.86. The Hall–Kier alpha value is -4.25. The fourth-order valence-electron chi connectivity index (χ4n) is 4.76. The van der Waals surface area contributed by atoms with E-state index in [2.05, 4.69) is 43.6 Å². The summed E-state index contributed by atoms with van der Waals surface area (Å²) in [5.74, 6) is 1.01. The molecule has 2 aliphatic heterocycles. The number of aryl methyl sites for hydroxylation is 1. The van der Waals surface area contributed by atoms with E-state index in [1.807, 2.05) is 23.2 Å². The van der Waals surface area contributed by atoms with E-state index in [0.717, 1.165) is 52.8 Å². The van der Waals surface area contributed by atoms with Crippen LogP contribution in [-0.2, 0) is 24.2 Å². The predicted octanol–water partition coefficient (Wildman–Crippen LogP) is 2.18. The summed E-state index contributed by atoms with van der Waals surface area (Å²) >= 11 is 0. The molecule has 0 aliphatic carbocycles. The third kappa shape index (κ3) is 4.65. The van der Waals surface area contributed by atoms with Crippen LogP contribution in [0.1, 0.15) is 22.5 Å². The SMILES string of the molecule is Cc1ccc(CNC(=O)N2CCc3nc4c(N5CCOCC5)nc(-c5cnc(N)nc5)cn4c3C2)cc1. The number of nitrogens with two attached hydrogens (primary N) is 1. The van der Waals surface area contributed by atoms with E-state index in [4.69, 9.17) is 20.4 Å². The molecule has 3 aromatic heterocycles. The van der Waals surface area contributed by atoms with E-state index < -0.39 is 0 Å². The normalized spacial score (nSPS) is 15.6. The van der Waals surface area contributed by atoms with Crippen LogP contribution in [0.3, 0.4) is 0 Å². The van der Waals surface area contributed by atoms with E-state index in [9.17, 15) is 4.79 Å². The van der Waals surface area contributed by atoms with Crippen LogP contribution in [0.4, 0.5) is 16.6 Å². The molecule has 11 nitrogen and oxygen atoms in total. The highest BCUT2D eigenvalue weighted by atomic mass is 16.5. The number of ether oxygens (including phenoxy) is 1. The van der Waals surface area contributed by atoms with Gasteiger partial charge in [-0.15, -0.1) is 0 Å². The summed E-state index contributed by atoms with van der Waals surface area (Å²) in [6.45, 7) is 6.34. The van der Waals surface area contributed by atoms with Gasteiger partial charge < -0.3 is 25.6 Å². The first-order valence-corrected chi connectivity index (χ1v) is 12.4. The minimum atomic E-state index is -0.0872. The lowest BCUT2D eigenvalue weighted by Gasteiger charge is -2.28. The van der Waals surface area contributed by atoms with Crippen LogP contribution in [0.2, 0.25) is 0 Å². The van der Waals surface area contributed by atoms with Crippen molar-refractivity contribution in [3.8, 4) is 11.3 Å². The smallest absolute Gasteiger partial charge is 0.318 e.